The van der Waals surface area contributed by atoms with Crippen molar-refractivity contribution in [1.82, 2.24) is 14.5 Å². The second kappa shape index (κ2) is 7.98. The predicted molar refractivity (Wildman–Crippen MR) is 132 cm³/mol. The molecule has 5 rings (SSSR count). The summed E-state index contributed by atoms with van der Waals surface area (Å²) in [5, 5.41) is 4.74. The van der Waals surface area contributed by atoms with Gasteiger partial charge in [-0.25, -0.2) is 4.98 Å². The van der Waals surface area contributed by atoms with E-state index >= 15 is 0 Å². The van der Waals surface area contributed by atoms with Crippen LogP contribution in [0.2, 0.25) is 0 Å². The zero-order valence-electron chi connectivity index (χ0n) is 18.6. The number of carbonyl (C=O) groups is 1. The fraction of sp³-hybridized carbons (Fsp3) is 0.111. The summed E-state index contributed by atoms with van der Waals surface area (Å²) in [7, 11) is 1.75. The van der Waals surface area contributed by atoms with Crippen LogP contribution in [0.15, 0.2) is 77.7 Å². The SMILES string of the molecule is Cc1cc2c(cn1)cc(-c1cc(C(=O)Nc3ccc4ccccc4n3)ccc1C)c(=O)n2C. The molecule has 6 heteroatoms. The standard InChI is InChI=1S/C27H22N4O2/c1-16-8-9-19(26(32)30-25-11-10-18-6-4-5-7-23(18)29-25)13-21(16)22-14-20-15-28-17(2)12-24(20)31(3)27(22)33/h4-15H,1-3H3,(H,29,30,32). The highest BCUT2D eigenvalue weighted by molar-refractivity contribution is 6.05. The first kappa shape index (κ1) is 20.6. The van der Waals surface area contributed by atoms with Crippen LogP contribution in [0.1, 0.15) is 21.6 Å². The van der Waals surface area contributed by atoms with Crippen molar-refractivity contribution in [2.24, 2.45) is 7.05 Å². The fourth-order valence-corrected chi connectivity index (χ4v) is 4.04. The summed E-state index contributed by atoms with van der Waals surface area (Å²) in [6.07, 6.45) is 1.77. The number of anilines is 1. The molecule has 0 saturated carbocycles. The van der Waals surface area contributed by atoms with Crippen molar-refractivity contribution >= 4 is 33.5 Å². The molecule has 0 aliphatic heterocycles. The molecule has 3 aromatic heterocycles. The third kappa shape index (κ3) is 3.76. The lowest BCUT2D eigenvalue weighted by molar-refractivity contribution is 0.102. The highest BCUT2D eigenvalue weighted by atomic mass is 16.1. The van der Waals surface area contributed by atoms with Crippen molar-refractivity contribution in [1.29, 1.82) is 0 Å². The highest BCUT2D eigenvalue weighted by Crippen LogP contribution is 2.26. The second-order valence-corrected chi connectivity index (χ2v) is 8.18. The van der Waals surface area contributed by atoms with Gasteiger partial charge in [-0.3, -0.25) is 14.6 Å². The molecule has 0 radical (unpaired) electrons. The van der Waals surface area contributed by atoms with E-state index in [9.17, 15) is 9.59 Å². The Hall–Kier alpha value is -4.32. The van der Waals surface area contributed by atoms with Gasteiger partial charge in [-0.2, -0.15) is 0 Å². The van der Waals surface area contributed by atoms with Crippen LogP contribution in [-0.4, -0.2) is 20.4 Å². The number of nitrogens with zero attached hydrogens (tertiary/aromatic N) is 3. The number of fused-ring (bicyclic) bond motifs is 2. The number of rotatable bonds is 3. The van der Waals surface area contributed by atoms with Gasteiger partial charge < -0.3 is 9.88 Å². The van der Waals surface area contributed by atoms with Gasteiger partial charge >= 0.3 is 0 Å². The van der Waals surface area contributed by atoms with Gasteiger partial charge in [-0.05, 0) is 67.4 Å². The summed E-state index contributed by atoms with van der Waals surface area (Å²) >= 11 is 0. The van der Waals surface area contributed by atoms with E-state index in [1.807, 2.05) is 62.4 Å². The molecule has 6 nitrogen and oxygen atoms in total. The maximum atomic E-state index is 13.2. The van der Waals surface area contributed by atoms with Gasteiger partial charge in [0.15, 0.2) is 0 Å². The number of amides is 1. The first-order valence-corrected chi connectivity index (χ1v) is 10.7. The van der Waals surface area contributed by atoms with Crippen molar-refractivity contribution in [2.75, 3.05) is 5.32 Å². The molecule has 1 N–H and O–H groups in total. The Bertz CT molecular complexity index is 1620. The number of hydrogen-bond donors (Lipinski definition) is 1. The third-order valence-corrected chi connectivity index (χ3v) is 5.87. The molecule has 33 heavy (non-hydrogen) atoms. The minimum absolute atomic E-state index is 0.120. The summed E-state index contributed by atoms with van der Waals surface area (Å²) in [5.41, 5.74) is 4.98. The number of para-hydroxylation sites is 1. The van der Waals surface area contributed by atoms with Crippen molar-refractivity contribution in [3.8, 4) is 11.1 Å². The van der Waals surface area contributed by atoms with Crippen molar-refractivity contribution < 1.29 is 4.79 Å². The number of benzene rings is 2. The summed E-state index contributed by atoms with van der Waals surface area (Å²) in [5.74, 6) is 0.192. The predicted octanol–water partition coefficient (Wildman–Crippen LogP) is 5.02. The van der Waals surface area contributed by atoms with E-state index in [-0.39, 0.29) is 11.5 Å². The molecule has 162 valence electrons. The first-order valence-electron chi connectivity index (χ1n) is 10.7. The molecule has 3 heterocycles. The van der Waals surface area contributed by atoms with Crippen LogP contribution in [-0.2, 0) is 7.05 Å². The van der Waals surface area contributed by atoms with Gasteiger partial charge in [-0.1, -0.05) is 24.3 Å². The average Bonchev–Trinajstić information content (AvgIpc) is 2.82. The second-order valence-electron chi connectivity index (χ2n) is 8.18. The Morgan fingerprint density at radius 1 is 0.909 bits per heavy atom. The van der Waals surface area contributed by atoms with Crippen LogP contribution < -0.4 is 10.9 Å². The van der Waals surface area contributed by atoms with Gasteiger partial charge in [0.2, 0.25) is 0 Å². The molecule has 2 aromatic carbocycles. The topological polar surface area (TPSA) is 76.9 Å². The Kier molecular flexibility index (Phi) is 4.98. The summed E-state index contributed by atoms with van der Waals surface area (Å²) in [6, 6.07) is 20.6. The molecule has 0 fully saturated rings. The van der Waals surface area contributed by atoms with E-state index in [1.54, 1.807) is 36.0 Å². The summed E-state index contributed by atoms with van der Waals surface area (Å²) < 4.78 is 1.63. The Labute approximate surface area is 190 Å². The number of nitrogens with one attached hydrogen (secondary N) is 1. The maximum Gasteiger partial charge on any atom is 0.258 e. The number of aromatic nitrogens is 3. The van der Waals surface area contributed by atoms with Crippen molar-refractivity contribution in [2.45, 2.75) is 13.8 Å². The quantitative estimate of drug-likeness (QED) is 0.433. The van der Waals surface area contributed by atoms with Gasteiger partial charge in [0.25, 0.3) is 11.5 Å². The normalized spacial score (nSPS) is 11.1. The van der Waals surface area contributed by atoms with E-state index < -0.39 is 0 Å². The lowest BCUT2D eigenvalue weighted by Gasteiger charge is -2.13. The zero-order valence-corrected chi connectivity index (χ0v) is 18.6. The lowest BCUT2D eigenvalue weighted by Crippen LogP contribution is -2.20. The molecule has 0 unspecified atom stereocenters. The summed E-state index contributed by atoms with van der Waals surface area (Å²) in [4.78, 5) is 35.1. The molecule has 1 amide bonds. The first-order chi connectivity index (χ1) is 15.9. The maximum absolute atomic E-state index is 13.2. The molecule has 5 aromatic rings. The molecule has 0 aliphatic rings. The molecule has 0 aliphatic carbocycles. The van der Waals surface area contributed by atoms with Crippen LogP contribution in [0.25, 0.3) is 32.9 Å². The Morgan fingerprint density at radius 3 is 2.58 bits per heavy atom. The van der Waals surface area contributed by atoms with Gasteiger partial charge in [0.05, 0.1) is 11.0 Å². The molecule has 0 saturated heterocycles. The zero-order chi connectivity index (χ0) is 23.1. The molecular formula is C27H22N4O2. The molecule has 0 atom stereocenters. The highest BCUT2D eigenvalue weighted by Gasteiger charge is 2.15. The lowest BCUT2D eigenvalue weighted by atomic mass is 9.97. The minimum Gasteiger partial charge on any atom is -0.311 e. The number of hydrogen-bond acceptors (Lipinski definition) is 4. The monoisotopic (exact) mass is 434 g/mol. The fourth-order valence-electron chi connectivity index (χ4n) is 4.04. The van der Waals surface area contributed by atoms with Crippen LogP contribution >= 0.6 is 0 Å². The van der Waals surface area contributed by atoms with Gasteiger partial charge in [0, 0.05) is 40.8 Å². The summed E-state index contributed by atoms with van der Waals surface area (Å²) in [6.45, 7) is 3.83. The molecular weight excluding hydrogens is 412 g/mol. The van der Waals surface area contributed by atoms with Crippen LogP contribution in [0, 0.1) is 13.8 Å². The van der Waals surface area contributed by atoms with Crippen LogP contribution in [0.4, 0.5) is 5.82 Å². The van der Waals surface area contributed by atoms with Crippen molar-refractivity contribution in [3.05, 3.63) is 100 Å². The Morgan fingerprint density at radius 2 is 1.73 bits per heavy atom. The van der Waals surface area contributed by atoms with Gasteiger partial charge in [0.1, 0.15) is 5.82 Å². The Balaban J connectivity index is 1.54. The number of aryl methyl sites for hydroxylation is 3. The van der Waals surface area contributed by atoms with Gasteiger partial charge in [-0.15, -0.1) is 0 Å². The largest absolute Gasteiger partial charge is 0.311 e. The van der Waals surface area contributed by atoms with E-state index in [2.05, 4.69) is 15.3 Å². The van der Waals surface area contributed by atoms with E-state index in [4.69, 9.17) is 0 Å². The average molecular weight is 434 g/mol. The van der Waals surface area contributed by atoms with E-state index in [0.29, 0.717) is 16.9 Å². The third-order valence-electron chi connectivity index (χ3n) is 5.87. The smallest absolute Gasteiger partial charge is 0.258 e. The number of carbonyl (C=O) groups excluding carboxylic acids is 1. The van der Waals surface area contributed by atoms with E-state index in [0.717, 1.165) is 38.6 Å². The van der Waals surface area contributed by atoms with Crippen molar-refractivity contribution in [3.63, 3.8) is 0 Å². The van der Waals surface area contributed by atoms with Crippen LogP contribution in [0.5, 0.6) is 0 Å². The van der Waals surface area contributed by atoms with Crippen LogP contribution in [0.3, 0.4) is 0 Å². The van der Waals surface area contributed by atoms with E-state index in [1.165, 1.54) is 0 Å². The number of pyridine rings is 3. The molecule has 0 spiro atoms. The molecule has 0 bridgehead atoms. The minimum atomic E-state index is -0.283.